The summed E-state index contributed by atoms with van der Waals surface area (Å²) in [5, 5.41) is 7.14. The highest BCUT2D eigenvalue weighted by atomic mass is 32.1. The standard InChI is InChI=1S/C29H29N5OS/c1-20-9-7-11-22(19-20)33-17-8-14-25(33)28-27(24-13-5-6-16-30-24)32-29(36)34(28)18-15-26(35)31-23-12-4-3-10-21(23)2/h3-14,16-17,19,27-28H,15,18H2,1-2H3,(H,31,35)(H,32,36). The molecule has 2 N–H and O–H groups in total. The number of carbonyl (C=O) groups is 1. The molecule has 36 heavy (non-hydrogen) atoms. The molecule has 7 heteroatoms. The Hall–Kier alpha value is -3.97. The number of hydrogen-bond acceptors (Lipinski definition) is 3. The van der Waals surface area contributed by atoms with Crippen LogP contribution in [0.25, 0.3) is 5.69 Å². The Kier molecular flexibility index (Phi) is 6.82. The van der Waals surface area contributed by atoms with Crippen molar-refractivity contribution >= 4 is 28.9 Å². The second-order valence-electron chi connectivity index (χ2n) is 9.08. The molecule has 3 heterocycles. The molecule has 2 unspecified atom stereocenters. The zero-order valence-electron chi connectivity index (χ0n) is 20.4. The van der Waals surface area contributed by atoms with E-state index < -0.39 is 0 Å². The fraction of sp³-hybridized carbons (Fsp3) is 0.207. The quantitative estimate of drug-likeness (QED) is 0.332. The van der Waals surface area contributed by atoms with Gasteiger partial charge in [-0.05, 0) is 79.7 Å². The van der Waals surface area contributed by atoms with Crippen molar-refractivity contribution in [1.29, 1.82) is 0 Å². The number of amides is 1. The lowest BCUT2D eigenvalue weighted by Crippen LogP contribution is -2.33. The van der Waals surface area contributed by atoms with Crippen molar-refractivity contribution < 1.29 is 4.79 Å². The highest BCUT2D eigenvalue weighted by Gasteiger charge is 2.41. The summed E-state index contributed by atoms with van der Waals surface area (Å²) in [7, 11) is 0. The van der Waals surface area contributed by atoms with Gasteiger partial charge in [0.15, 0.2) is 5.11 Å². The predicted molar refractivity (Wildman–Crippen MR) is 147 cm³/mol. The van der Waals surface area contributed by atoms with E-state index in [0.29, 0.717) is 18.1 Å². The number of nitrogens with zero attached hydrogens (tertiary/aromatic N) is 3. The van der Waals surface area contributed by atoms with Crippen molar-refractivity contribution in [2.45, 2.75) is 32.4 Å². The number of carbonyl (C=O) groups excluding carboxylic acids is 1. The molecule has 182 valence electrons. The Morgan fingerprint density at radius 1 is 1.03 bits per heavy atom. The van der Waals surface area contributed by atoms with E-state index in [1.807, 2.05) is 49.4 Å². The molecule has 2 aromatic carbocycles. The van der Waals surface area contributed by atoms with Gasteiger partial charge in [0.1, 0.15) is 0 Å². The van der Waals surface area contributed by atoms with Gasteiger partial charge in [-0.3, -0.25) is 9.78 Å². The van der Waals surface area contributed by atoms with E-state index in [2.05, 4.69) is 74.6 Å². The van der Waals surface area contributed by atoms with Crippen molar-refractivity contribution in [3.8, 4) is 5.69 Å². The minimum absolute atomic E-state index is 0.0406. The normalized spacial score (nSPS) is 17.2. The molecular formula is C29H29N5OS. The lowest BCUT2D eigenvalue weighted by Gasteiger charge is -2.29. The molecule has 1 aliphatic rings. The zero-order chi connectivity index (χ0) is 25.1. The van der Waals surface area contributed by atoms with Crippen LogP contribution in [0.4, 0.5) is 5.69 Å². The first kappa shape index (κ1) is 23.8. The minimum atomic E-state index is -0.142. The van der Waals surface area contributed by atoms with Gasteiger partial charge in [0, 0.05) is 42.4 Å². The third kappa shape index (κ3) is 4.88. The lowest BCUT2D eigenvalue weighted by molar-refractivity contribution is -0.116. The first-order valence-electron chi connectivity index (χ1n) is 12.1. The average molecular weight is 496 g/mol. The molecule has 1 fully saturated rings. The SMILES string of the molecule is Cc1cccc(-n2cccc2C2C(c3ccccn3)NC(=S)N2CCC(=O)Nc2ccccc2C)c1. The number of nitrogens with one attached hydrogen (secondary N) is 2. The monoisotopic (exact) mass is 495 g/mol. The first-order valence-corrected chi connectivity index (χ1v) is 12.5. The lowest BCUT2D eigenvalue weighted by atomic mass is 10.0. The number of aryl methyl sites for hydroxylation is 2. The summed E-state index contributed by atoms with van der Waals surface area (Å²) in [6, 6.07) is 26.0. The van der Waals surface area contributed by atoms with Crippen LogP contribution in [0.15, 0.2) is 91.3 Å². The van der Waals surface area contributed by atoms with Crippen LogP contribution in [0.2, 0.25) is 0 Å². The van der Waals surface area contributed by atoms with Crippen molar-refractivity contribution in [3.63, 3.8) is 0 Å². The van der Waals surface area contributed by atoms with Gasteiger partial charge in [-0.25, -0.2) is 0 Å². The molecule has 1 amide bonds. The Labute approximate surface area is 217 Å². The molecule has 2 atom stereocenters. The highest BCUT2D eigenvalue weighted by Crippen LogP contribution is 2.39. The van der Waals surface area contributed by atoms with Crippen LogP contribution >= 0.6 is 12.2 Å². The summed E-state index contributed by atoms with van der Waals surface area (Å²) in [5.74, 6) is -0.0406. The number of benzene rings is 2. The Morgan fingerprint density at radius 2 is 1.86 bits per heavy atom. The van der Waals surface area contributed by atoms with Crippen LogP contribution in [0.3, 0.4) is 0 Å². The van der Waals surface area contributed by atoms with Gasteiger partial charge in [-0.1, -0.05) is 36.4 Å². The summed E-state index contributed by atoms with van der Waals surface area (Å²) in [4.78, 5) is 19.6. The maximum atomic E-state index is 12.9. The summed E-state index contributed by atoms with van der Waals surface area (Å²) < 4.78 is 2.20. The molecule has 0 saturated carbocycles. The Bertz CT molecular complexity index is 1380. The summed E-state index contributed by atoms with van der Waals surface area (Å²) >= 11 is 5.80. The first-order chi connectivity index (χ1) is 17.5. The highest BCUT2D eigenvalue weighted by molar-refractivity contribution is 7.80. The van der Waals surface area contributed by atoms with Crippen LogP contribution in [-0.4, -0.2) is 32.0 Å². The summed E-state index contributed by atoms with van der Waals surface area (Å²) in [6.45, 7) is 4.56. The number of hydrogen-bond donors (Lipinski definition) is 2. The van der Waals surface area contributed by atoms with Gasteiger partial charge in [0.2, 0.25) is 5.91 Å². The molecule has 0 bridgehead atoms. The molecule has 5 rings (SSSR count). The summed E-state index contributed by atoms with van der Waals surface area (Å²) in [6.07, 6.45) is 4.19. The predicted octanol–water partition coefficient (Wildman–Crippen LogP) is 5.49. The minimum Gasteiger partial charge on any atom is -0.352 e. The van der Waals surface area contributed by atoms with Crippen LogP contribution in [-0.2, 0) is 4.79 Å². The van der Waals surface area contributed by atoms with E-state index in [1.54, 1.807) is 6.20 Å². The van der Waals surface area contributed by atoms with Gasteiger partial charge in [-0.2, -0.15) is 0 Å². The molecular weight excluding hydrogens is 466 g/mol. The van der Waals surface area contributed by atoms with Crippen molar-refractivity contribution in [2.75, 3.05) is 11.9 Å². The fourth-order valence-corrected chi connectivity index (χ4v) is 5.10. The molecule has 0 aliphatic carbocycles. The number of para-hydroxylation sites is 1. The van der Waals surface area contributed by atoms with E-state index in [9.17, 15) is 4.79 Å². The van der Waals surface area contributed by atoms with E-state index in [1.165, 1.54) is 5.56 Å². The number of aromatic nitrogens is 2. The van der Waals surface area contributed by atoms with Crippen LogP contribution in [0.5, 0.6) is 0 Å². The van der Waals surface area contributed by atoms with Gasteiger partial charge in [0.05, 0.1) is 17.8 Å². The maximum Gasteiger partial charge on any atom is 0.226 e. The van der Waals surface area contributed by atoms with Crippen LogP contribution < -0.4 is 10.6 Å². The van der Waals surface area contributed by atoms with Gasteiger partial charge < -0.3 is 20.1 Å². The smallest absolute Gasteiger partial charge is 0.226 e. The second kappa shape index (κ2) is 10.3. The fourth-order valence-electron chi connectivity index (χ4n) is 4.76. The number of thiocarbonyl (C=S) groups is 1. The van der Waals surface area contributed by atoms with E-state index >= 15 is 0 Å². The van der Waals surface area contributed by atoms with Crippen LogP contribution in [0, 0.1) is 13.8 Å². The van der Waals surface area contributed by atoms with E-state index in [4.69, 9.17) is 12.2 Å². The largest absolute Gasteiger partial charge is 0.352 e. The Balaban J connectivity index is 1.45. The van der Waals surface area contributed by atoms with E-state index in [-0.39, 0.29) is 18.0 Å². The van der Waals surface area contributed by atoms with Gasteiger partial charge in [-0.15, -0.1) is 0 Å². The number of rotatable bonds is 7. The van der Waals surface area contributed by atoms with Crippen molar-refractivity contribution in [2.24, 2.45) is 0 Å². The topological polar surface area (TPSA) is 62.2 Å². The molecule has 1 aliphatic heterocycles. The third-order valence-electron chi connectivity index (χ3n) is 6.56. The molecule has 1 saturated heterocycles. The molecule has 0 spiro atoms. The molecule has 4 aromatic rings. The van der Waals surface area contributed by atoms with Crippen molar-refractivity contribution in [1.82, 2.24) is 19.8 Å². The van der Waals surface area contributed by atoms with Crippen LogP contribution in [0.1, 0.15) is 41.0 Å². The number of pyridine rings is 1. The second-order valence-corrected chi connectivity index (χ2v) is 9.46. The van der Waals surface area contributed by atoms with E-state index in [0.717, 1.165) is 28.3 Å². The van der Waals surface area contributed by atoms with Gasteiger partial charge >= 0.3 is 0 Å². The van der Waals surface area contributed by atoms with Gasteiger partial charge in [0.25, 0.3) is 0 Å². The van der Waals surface area contributed by atoms with Crippen molar-refractivity contribution in [3.05, 3.63) is 114 Å². The number of anilines is 1. The zero-order valence-corrected chi connectivity index (χ0v) is 21.2. The summed E-state index contributed by atoms with van der Waals surface area (Å²) in [5.41, 5.74) is 6.15. The molecule has 6 nitrogen and oxygen atoms in total. The molecule has 0 radical (unpaired) electrons. The maximum absolute atomic E-state index is 12.9. The Morgan fingerprint density at radius 3 is 2.64 bits per heavy atom. The average Bonchev–Trinajstić information content (AvgIpc) is 3.49. The third-order valence-corrected chi connectivity index (χ3v) is 6.91. The molecule has 2 aromatic heterocycles.